The maximum atomic E-state index is 10.6. The van der Waals surface area contributed by atoms with Crippen molar-refractivity contribution in [2.24, 2.45) is 17.8 Å². The number of nitrogens with zero attached hydrogens (tertiary/aromatic N) is 1. The van der Waals surface area contributed by atoms with Gasteiger partial charge in [0.15, 0.2) is 0 Å². The lowest BCUT2D eigenvalue weighted by Gasteiger charge is -2.31. The van der Waals surface area contributed by atoms with E-state index in [1.54, 1.807) is 5.57 Å². The molecule has 1 aromatic carbocycles. The molecule has 0 aliphatic heterocycles. The Kier molecular flexibility index (Phi) is 8.90. The maximum Gasteiger partial charge on any atom is 0.0611 e. The highest BCUT2D eigenvalue weighted by Gasteiger charge is 2.43. The molecule has 0 amide bonds. The van der Waals surface area contributed by atoms with Gasteiger partial charge >= 0.3 is 0 Å². The molecule has 0 heterocycles. The maximum absolute atomic E-state index is 10.6. The summed E-state index contributed by atoms with van der Waals surface area (Å²) in [5, 5.41) is 10.6. The molecule has 31 heavy (non-hydrogen) atoms. The van der Waals surface area contributed by atoms with Gasteiger partial charge in [-0.1, -0.05) is 53.6 Å². The Morgan fingerprint density at radius 2 is 2.06 bits per heavy atom. The van der Waals surface area contributed by atoms with Crippen LogP contribution in [0.25, 0.3) is 0 Å². The minimum Gasteiger partial charge on any atom is -0.392 e. The molecule has 172 valence electrons. The molecule has 0 radical (unpaired) electrons. The molecule has 1 fully saturated rings. The van der Waals surface area contributed by atoms with E-state index in [-0.39, 0.29) is 11.6 Å². The molecule has 0 spiro atoms. The third kappa shape index (κ3) is 7.23. The normalized spacial score (nSPS) is 26.1. The molecule has 1 N–H and O–H groups in total. The van der Waals surface area contributed by atoms with E-state index in [4.69, 9.17) is 0 Å². The van der Waals surface area contributed by atoms with Gasteiger partial charge in [0, 0.05) is 17.2 Å². The molecule has 2 aliphatic carbocycles. The Labute approximate surface area is 195 Å². The topological polar surface area (TPSA) is 23.5 Å². The number of fused-ring (bicyclic) bond motifs is 1. The number of rotatable bonds is 10. The van der Waals surface area contributed by atoms with Crippen LogP contribution in [-0.4, -0.2) is 46.7 Å². The van der Waals surface area contributed by atoms with Gasteiger partial charge in [-0.05, 0) is 96.5 Å². The summed E-state index contributed by atoms with van der Waals surface area (Å²) in [6.07, 6.45) is 12.5. The zero-order valence-corrected chi connectivity index (χ0v) is 21.1. The van der Waals surface area contributed by atoms with Crippen LogP contribution in [-0.2, 0) is 6.42 Å². The third-order valence-electron chi connectivity index (χ3n) is 7.21. The summed E-state index contributed by atoms with van der Waals surface area (Å²) in [7, 11) is 2.23. The Hall–Kier alpha value is -1.03. The fraction of sp³-hybridized carbons (Fsp3) is 0.643. The Balaban J connectivity index is 1.38. The Morgan fingerprint density at radius 3 is 2.81 bits per heavy atom. The first kappa shape index (κ1) is 24.6. The zero-order chi connectivity index (χ0) is 22.4. The second-order valence-electron chi connectivity index (χ2n) is 10.7. The van der Waals surface area contributed by atoms with E-state index in [9.17, 15) is 5.11 Å². The van der Waals surface area contributed by atoms with Crippen molar-refractivity contribution in [2.45, 2.75) is 71.4 Å². The van der Waals surface area contributed by atoms with E-state index in [0.717, 1.165) is 19.3 Å². The molecule has 3 heteroatoms. The number of allylic oxidation sites excluding steroid dienone is 2. The molecule has 1 saturated carbocycles. The first-order chi connectivity index (χ1) is 14.7. The van der Waals surface area contributed by atoms with Crippen molar-refractivity contribution in [1.82, 2.24) is 4.90 Å². The SMILES string of the molecule is Cc1cccc(CC/C=C/[C@@H]2[C@H]3CC(CSCCCN(C)C(C)(C)C)=C[C@H]3C[C@H]2O)c1. The number of aryl methyl sites for hydroxylation is 2. The highest BCUT2D eigenvalue weighted by atomic mass is 32.2. The second-order valence-corrected chi connectivity index (χ2v) is 11.8. The fourth-order valence-electron chi connectivity index (χ4n) is 5.03. The van der Waals surface area contributed by atoms with Crippen molar-refractivity contribution in [2.75, 3.05) is 25.1 Å². The van der Waals surface area contributed by atoms with Gasteiger partial charge < -0.3 is 10.0 Å². The third-order valence-corrected chi connectivity index (χ3v) is 8.36. The quantitative estimate of drug-likeness (QED) is 0.341. The second kappa shape index (κ2) is 11.2. The number of thioether (sulfide) groups is 1. The molecule has 1 aromatic rings. The van der Waals surface area contributed by atoms with Crippen molar-refractivity contribution in [3.63, 3.8) is 0 Å². The molecular formula is C28H43NOS. The van der Waals surface area contributed by atoms with Crippen LogP contribution in [0.4, 0.5) is 0 Å². The number of hydrogen-bond donors (Lipinski definition) is 1. The van der Waals surface area contributed by atoms with Crippen molar-refractivity contribution < 1.29 is 5.11 Å². The standard InChI is InChI=1S/C28H43NOS/c1-21-10-8-12-22(16-21)11-6-7-13-25-26-18-23(17-24(26)19-27(25)30)20-31-15-9-14-29(5)28(2,3)4/h7-8,10,12-13,16-17,24-27,30H,6,9,11,14-15,18-20H2,1-5H3/b13-7+/t24-,25+,26-,27+/m0/s1. The summed E-state index contributed by atoms with van der Waals surface area (Å²) in [5.74, 6) is 3.95. The van der Waals surface area contributed by atoms with Crippen LogP contribution in [0.2, 0.25) is 0 Å². The summed E-state index contributed by atoms with van der Waals surface area (Å²) in [6, 6.07) is 8.79. The van der Waals surface area contributed by atoms with Crippen molar-refractivity contribution >= 4 is 11.8 Å². The minimum atomic E-state index is -0.163. The van der Waals surface area contributed by atoms with E-state index in [1.165, 1.54) is 42.0 Å². The van der Waals surface area contributed by atoms with E-state index in [2.05, 4.69) is 93.9 Å². The first-order valence-corrected chi connectivity index (χ1v) is 13.3. The largest absolute Gasteiger partial charge is 0.392 e. The van der Waals surface area contributed by atoms with Crippen molar-refractivity contribution in [3.05, 3.63) is 59.2 Å². The number of aliphatic hydroxyl groups excluding tert-OH is 1. The fourth-order valence-corrected chi connectivity index (χ4v) is 5.98. The Bertz CT molecular complexity index is 763. The van der Waals surface area contributed by atoms with Crippen LogP contribution in [0.5, 0.6) is 0 Å². The van der Waals surface area contributed by atoms with E-state index < -0.39 is 0 Å². The zero-order valence-electron chi connectivity index (χ0n) is 20.3. The smallest absolute Gasteiger partial charge is 0.0611 e. The summed E-state index contributed by atoms with van der Waals surface area (Å²) in [4.78, 5) is 2.45. The molecule has 3 rings (SSSR count). The van der Waals surface area contributed by atoms with Crippen LogP contribution in [0.15, 0.2) is 48.1 Å². The van der Waals surface area contributed by atoms with Crippen LogP contribution in [0, 0.1) is 24.7 Å². The van der Waals surface area contributed by atoms with E-state index in [0.29, 0.717) is 17.8 Å². The monoisotopic (exact) mass is 441 g/mol. The average Bonchev–Trinajstić information content (AvgIpc) is 3.21. The highest BCUT2D eigenvalue weighted by Crippen LogP contribution is 2.47. The lowest BCUT2D eigenvalue weighted by molar-refractivity contribution is 0.141. The van der Waals surface area contributed by atoms with Gasteiger partial charge in [0.25, 0.3) is 0 Å². The predicted molar refractivity (Wildman–Crippen MR) is 137 cm³/mol. The van der Waals surface area contributed by atoms with Gasteiger partial charge in [-0.25, -0.2) is 0 Å². The van der Waals surface area contributed by atoms with E-state index >= 15 is 0 Å². The van der Waals surface area contributed by atoms with Gasteiger partial charge in [0.1, 0.15) is 0 Å². The molecule has 4 atom stereocenters. The van der Waals surface area contributed by atoms with Crippen molar-refractivity contribution in [1.29, 1.82) is 0 Å². The van der Waals surface area contributed by atoms with Gasteiger partial charge in [-0.3, -0.25) is 0 Å². The van der Waals surface area contributed by atoms with Crippen LogP contribution in [0.3, 0.4) is 0 Å². The molecular weight excluding hydrogens is 398 g/mol. The van der Waals surface area contributed by atoms with Crippen molar-refractivity contribution in [3.8, 4) is 0 Å². The van der Waals surface area contributed by atoms with Gasteiger partial charge in [-0.15, -0.1) is 0 Å². The minimum absolute atomic E-state index is 0.163. The highest BCUT2D eigenvalue weighted by molar-refractivity contribution is 7.99. The van der Waals surface area contributed by atoms with Gasteiger partial charge in [0.05, 0.1) is 6.10 Å². The van der Waals surface area contributed by atoms with Gasteiger partial charge in [0.2, 0.25) is 0 Å². The average molecular weight is 442 g/mol. The Morgan fingerprint density at radius 1 is 1.26 bits per heavy atom. The molecule has 2 aliphatic rings. The summed E-state index contributed by atoms with van der Waals surface area (Å²) in [6.45, 7) is 10.2. The number of benzene rings is 1. The summed E-state index contributed by atoms with van der Waals surface area (Å²) >= 11 is 2.09. The van der Waals surface area contributed by atoms with Crippen LogP contribution >= 0.6 is 11.8 Å². The summed E-state index contributed by atoms with van der Waals surface area (Å²) in [5.41, 5.74) is 4.62. The molecule has 0 unspecified atom stereocenters. The lowest BCUT2D eigenvalue weighted by atomic mass is 9.89. The molecule has 0 bridgehead atoms. The summed E-state index contributed by atoms with van der Waals surface area (Å²) < 4.78 is 0. The van der Waals surface area contributed by atoms with Gasteiger partial charge in [-0.2, -0.15) is 11.8 Å². The van der Waals surface area contributed by atoms with E-state index in [1.807, 2.05) is 0 Å². The van der Waals surface area contributed by atoms with Crippen LogP contribution in [0.1, 0.15) is 57.6 Å². The molecule has 2 nitrogen and oxygen atoms in total. The first-order valence-electron chi connectivity index (χ1n) is 12.1. The molecule has 0 aromatic heterocycles. The number of aliphatic hydroxyl groups is 1. The predicted octanol–water partition coefficient (Wildman–Crippen LogP) is 6.28. The van der Waals surface area contributed by atoms with Crippen LogP contribution < -0.4 is 0 Å². The number of hydrogen-bond acceptors (Lipinski definition) is 3. The lowest BCUT2D eigenvalue weighted by Crippen LogP contribution is -2.38. The molecule has 0 saturated heterocycles.